The molecular formula is C13H16N2O3. The average molecular weight is 248 g/mol. The van der Waals surface area contributed by atoms with Gasteiger partial charge in [0.2, 0.25) is 5.91 Å². The van der Waals surface area contributed by atoms with Crippen LogP contribution in [-0.4, -0.2) is 40.0 Å². The first-order valence-electron chi connectivity index (χ1n) is 5.64. The van der Waals surface area contributed by atoms with Crippen molar-refractivity contribution in [2.24, 2.45) is 0 Å². The summed E-state index contributed by atoms with van der Waals surface area (Å²) in [5, 5.41) is 8.95. The molecule has 1 heterocycles. The van der Waals surface area contributed by atoms with E-state index in [-0.39, 0.29) is 5.91 Å². The van der Waals surface area contributed by atoms with Crippen molar-refractivity contribution < 1.29 is 14.7 Å². The lowest BCUT2D eigenvalue weighted by Crippen LogP contribution is -2.41. The minimum absolute atomic E-state index is 0.340. The summed E-state index contributed by atoms with van der Waals surface area (Å²) in [5.74, 6) is -1.34. The van der Waals surface area contributed by atoms with Crippen LogP contribution in [0.4, 0.5) is 0 Å². The van der Waals surface area contributed by atoms with Gasteiger partial charge in [0.05, 0.1) is 0 Å². The highest BCUT2D eigenvalue weighted by Gasteiger charge is 2.22. The first-order valence-corrected chi connectivity index (χ1v) is 5.64. The first-order chi connectivity index (χ1) is 8.56. The van der Waals surface area contributed by atoms with Crippen molar-refractivity contribution in [1.82, 2.24) is 9.88 Å². The zero-order chi connectivity index (χ0) is 13.5. The van der Waals surface area contributed by atoms with Crippen molar-refractivity contribution >= 4 is 18.0 Å². The number of amides is 1. The molecule has 0 saturated heterocycles. The zero-order valence-corrected chi connectivity index (χ0v) is 10.4. The Morgan fingerprint density at radius 1 is 1.56 bits per heavy atom. The first kappa shape index (κ1) is 13.9. The van der Waals surface area contributed by atoms with Gasteiger partial charge in [-0.3, -0.25) is 9.78 Å². The van der Waals surface area contributed by atoms with Crippen molar-refractivity contribution in [1.29, 1.82) is 0 Å². The summed E-state index contributed by atoms with van der Waals surface area (Å²) in [6, 6.07) is 2.78. The van der Waals surface area contributed by atoms with Crippen molar-refractivity contribution in [2.45, 2.75) is 19.4 Å². The Labute approximate surface area is 106 Å². The van der Waals surface area contributed by atoms with E-state index in [0.717, 1.165) is 5.56 Å². The number of carboxylic acids is 1. The van der Waals surface area contributed by atoms with E-state index >= 15 is 0 Å². The van der Waals surface area contributed by atoms with Gasteiger partial charge in [-0.25, -0.2) is 4.79 Å². The molecule has 0 spiro atoms. The van der Waals surface area contributed by atoms with Gasteiger partial charge in [-0.1, -0.05) is 13.0 Å². The standard InChI is InChI=1S/C13H16N2O3/c1-3-11(13(17)18)15(2)12(16)7-6-10-5-4-8-14-9-10/h4-9,11H,3H2,1-2H3,(H,17,18). The third-order valence-corrected chi connectivity index (χ3v) is 2.59. The molecule has 1 N–H and O–H groups in total. The second kappa shape index (κ2) is 6.54. The zero-order valence-electron chi connectivity index (χ0n) is 10.4. The summed E-state index contributed by atoms with van der Waals surface area (Å²) >= 11 is 0. The van der Waals surface area contributed by atoms with Gasteiger partial charge in [0, 0.05) is 25.5 Å². The third-order valence-electron chi connectivity index (χ3n) is 2.59. The average Bonchev–Trinajstić information content (AvgIpc) is 2.37. The Hall–Kier alpha value is -2.17. The minimum atomic E-state index is -0.997. The number of carbonyl (C=O) groups excluding carboxylic acids is 1. The number of aromatic nitrogens is 1. The Balaban J connectivity index is 2.71. The summed E-state index contributed by atoms with van der Waals surface area (Å²) in [4.78, 5) is 27.8. The van der Waals surface area contributed by atoms with E-state index in [1.165, 1.54) is 18.0 Å². The van der Waals surface area contributed by atoms with Crippen LogP contribution in [0.3, 0.4) is 0 Å². The summed E-state index contributed by atoms with van der Waals surface area (Å²) < 4.78 is 0. The fourth-order valence-electron chi connectivity index (χ4n) is 1.53. The highest BCUT2D eigenvalue weighted by atomic mass is 16.4. The lowest BCUT2D eigenvalue weighted by molar-refractivity contribution is -0.147. The smallest absolute Gasteiger partial charge is 0.326 e. The number of carbonyl (C=O) groups is 2. The normalized spacial score (nSPS) is 12.3. The maximum Gasteiger partial charge on any atom is 0.326 e. The maximum atomic E-state index is 11.8. The highest BCUT2D eigenvalue weighted by molar-refractivity contribution is 5.94. The predicted octanol–water partition coefficient (Wildman–Crippen LogP) is 1.42. The van der Waals surface area contributed by atoms with E-state index in [4.69, 9.17) is 5.11 Å². The Kier molecular flexibility index (Phi) is 5.05. The van der Waals surface area contributed by atoms with Crippen LogP contribution in [0, 0.1) is 0 Å². The number of nitrogens with zero attached hydrogens (tertiary/aromatic N) is 2. The second-order valence-electron chi connectivity index (χ2n) is 3.83. The van der Waals surface area contributed by atoms with Gasteiger partial charge >= 0.3 is 5.97 Å². The molecule has 1 rings (SSSR count). The molecule has 0 aliphatic rings. The molecular weight excluding hydrogens is 232 g/mol. The largest absolute Gasteiger partial charge is 0.480 e. The van der Waals surface area contributed by atoms with Crippen LogP contribution < -0.4 is 0 Å². The van der Waals surface area contributed by atoms with Crippen LogP contribution in [0.15, 0.2) is 30.6 Å². The van der Waals surface area contributed by atoms with Crippen LogP contribution in [0.25, 0.3) is 6.08 Å². The SMILES string of the molecule is CCC(C(=O)O)N(C)C(=O)C=Cc1cccnc1. The van der Waals surface area contributed by atoms with Gasteiger partial charge in [0.1, 0.15) is 6.04 Å². The lowest BCUT2D eigenvalue weighted by atomic mass is 10.2. The van der Waals surface area contributed by atoms with E-state index < -0.39 is 12.0 Å². The van der Waals surface area contributed by atoms with Gasteiger partial charge in [-0.05, 0) is 24.1 Å². The van der Waals surface area contributed by atoms with E-state index in [1.807, 2.05) is 6.07 Å². The number of rotatable bonds is 5. The Bertz CT molecular complexity index is 443. The molecule has 1 aromatic heterocycles. The molecule has 5 nitrogen and oxygen atoms in total. The maximum absolute atomic E-state index is 11.8. The molecule has 1 atom stereocenters. The number of aliphatic carboxylic acids is 1. The van der Waals surface area contributed by atoms with Gasteiger partial charge in [0.25, 0.3) is 0 Å². The molecule has 1 amide bonds. The number of pyridine rings is 1. The molecule has 1 unspecified atom stereocenters. The fraction of sp³-hybridized carbons (Fsp3) is 0.308. The number of carboxylic acid groups (broad SMARTS) is 1. The van der Waals surface area contributed by atoms with E-state index in [0.29, 0.717) is 6.42 Å². The van der Waals surface area contributed by atoms with Crippen LogP contribution in [0.2, 0.25) is 0 Å². The molecule has 0 saturated carbocycles. The third kappa shape index (κ3) is 3.69. The number of hydrogen-bond acceptors (Lipinski definition) is 3. The molecule has 0 bridgehead atoms. The monoisotopic (exact) mass is 248 g/mol. The molecule has 5 heteroatoms. The summed E-state index contributed by atoms with van der Waals surface area (Å²) in [6.07, 6.45) is 6.60. The predicted molar refractivity (Wildman–Crippen MR) is 67.8 cm³/mol. The molecule has 1 aromatic rings. The quantitative estimate of drug-likeness (QED) is 0.800. The minimum Gasteiger partial charge on any atom is -0.480 e. The van der Waals surface area contributed by atoms with Crippen LogP contribution in [0.1, 0.15) is 18.9 Å². The van der Waals surface area contributed by atoms with Crippen molar-refractivity contribution in [2.75, 3.05) is 7.05 Å². The van der Waals surface area contributed by atoms with E-state index in [1.54, 1.807) is 31.5 Å². The molecule has 0 fully saturated rings. The van der Waals surface area contributed by atoms with Gasteiger partial charge in [-0.2, -0.15) is 0 Å². The molecule has 18 heavy (non-hydrogen) atoms. The Morgan fingerprint density at radius 3 is 2.78 bits per heavy atom. The number of likely N-dealkylation sites (N-methyl/N-ethyl adjacent to an activating group) is 1. The molecule has 0 aromatic carbocycles. The topological polar surface area (TPSA) is 70.5 Å². The van der Waals surface area contributed by atoms with E-state index in [9.17, 15) is 9.59 Å². The van der Waals surface area contributed by atoms with Gasteiger partial charge in [0.15, 0.2) is 0 Å². The van der Waals surface area contributed by atoms with Crippen molar-refractivity contribution in [3.8, 4) is 0 Å². The van der Waals surface area contributed by atoms with Crippen LogP contribution in [0.5, 0.6) is 0 Å². The number of hydrogen-bond donors (Lipinski definition) is 1. The molecule has 96 valence electrons. The van der Waals surface area contributed by atoms with Crippen LogP contribution in [-0.2, 0) is 9.59 Å². The highest BCUT2D eigenvalue weighted by Crippen LogP contribution is 2.05. The van der Waals surface area contributed by atoms with Crippen LogP contribution >= 0.6 is 0 Å². The second-order valence-corrected chi connectivity index (χ2v) is 3.83. The van der Waals surface area contributed by atoms with Crippen molar-refractivity contribution in [3.05, 3.63) is 36.2 Å². The molecule has 0 aliphatic carbocycles. The van der Waals surface area contributed by atoms with Gasteiger partial charge in [-0.15, -0.1) is 0 Å². The molecule has 0 aliphatic heterocycles. The Morgan fingerprint density at radius 2 is 2.28 bits per heavy atom. The van der Waals surface area contributed by atoms with Gasteiger partial charge < -0.3 is 10.0 Å². The molecule has 0 radical (unpaired) electrons. The summed E-state index contributed by atoms with van der Waals surface area (Å²) in [7, 11) is 1.48. The van der Waals surface area contributed by atoms with Crippen molar-refractivity contribution in [3.63, 3.8) is 0 Å². The van der Waals surface area contributed by atoms with E-state index in [2.05, 4.69) is 4.98 Å². The summed E-state index contributed by atoms with van der Waals surface area (Å²) in [5.41, 5.74) is 0.794. The lowest BCUT2D eigenvalue weighted by Gasteiger charge is -2.22. The summed E-state index contributed by atoms with van der Waals surface area (Å²) in [6.45, 7) is 1.73. The fourth-order valence-corrected chi connectivity index (χ4v) is 1.53.